The molecule has 0 saturated carbocycles. The van der Waals surface area contributed by atoms with Gasteiger partial charge in [0.05, 0.1) is 11.1 Å². The zero-order valence-electron chi connectivity index (χ0n) is 9.57. The van der Waals surface area contributed by atoms with Crippen LogP contribution in [0.4, 0.5) is 5.69 Å². The fourth-order valence-corrected chi connectivity index (χ4v) is 1.88. The summed E-state index contributed by atoms with van der Waals surface area (Å²) < 4.78 is 0. The van der Waals surface area contributed by atoms with Gasteiger partial charge in [-0.15, -0.1) is 0 Å². The number of nitrogens with zero attached hydrogens (tertiary/aromatic N) is 1. The summed E-state index contributed by atoms with van der Waals surface area (Å²) >= 11 is 0. The first-order valence-electron chi connectivity index (χ1n) is 5.26. The molecule has 2 rings (SSSR count). The number of hydrogen-bond acceptors (Lipinski definition) is 3. The SMILES string of the molecule is CNc1ccc2c(c1)C(=O)N(C(C)C)C2=O. The summed E-state index contributed by atoms with van der Waals surface area (Å²) in [6.45, 7) is 3.67. The molecule has 0 bridgehead atoms. The summed E-state index contributed by atoms with van der Waals surface area (Å²) in [7, 11) is 1.78. The van der Waals surface area contributed by atoms with E-state index in [4.69, 9.17) is 0 Å². The van der Waals surface area contributed by atoms with Crippen LogP contribution < -0.4 is 5.32 Å². The molecule has 0 spiro atoms. The van der Waals surface area contributed by atoms with E-state index in [1.54, 1.807) is 25.2 Å². The molecule has 2 amide bonds. The Morgan fingerprint density at radius 1 is 1.12 bits per heavy atom. The van der Waals surface area contributed by atoms with E-state index in [1.165, 1.54) is 4.90 Å². The Morgan fingerprint density at radius 2 is 1.75 bits per heavy atom. The van der Waals surface area contributed by atoms with Crippen LogP contribution in [-0.4, -0.2) is 29.8 Å². The summed E-state index contributed by atoms with van der Waals surface area (Å²) in [5.41, 5.74) is 1.83. The number of carbonyl (C=O) groups excluding carboxylic acids is 2. The number of hydrogen-bond donors (Lipinski definition) is 1. The van der Waals surface area contributed by atoms with Crippen molar-refractivity contribution < 1.29 is 9.59 Å². The predicted octanol–water partition coefficient (Wildman–Crippen LogP) is 1.73. The van der Waals surface area contributed by atoms with Crippen LogP contribution in [0.5, 0.6) is 0 Å². The molecule has 0 atom stereocenters. The number of benzene rings is 1. The average Bonchev–Trinajstić information content (AvgIpc) is 2.51. The van der Waals surface area contributed by atoms with Crippen LogP contribution >= 0.6 is 0 Å². The molecule has 1 aliphatic heterocycles. The molecule has 1 aromatic rings. The molecule has 0 aliphatic carbocycles. The monoisotopic (exact) mass is 218 g/mol. The lowest BCUT2D eigenvalue weighted by molar-refractivity contribution is 0.0609. The van der Waals surface area contributed by atoms with Crippen molar-refractivity contribution in [3.05, 3.63) is 29.3 Å². The molecule has 0 aromatic heterocycles. The second-order valence-electron chi connectivity index (χ2n) is 4.08. The third kappa shape index (κ3) is 1.38. The van der Waals surface area contributed by atoms with Crippen molar-refractivity contribution in [2.75, 3.05) is 12.4 Å². The molecule has 0 saturated heterocycles. The van der Waals surface area contributed by atoms with Gasteiger partial charge in [0.15, 0.2) is 0 Å². The minimum absolute atomic E-state index is 0.106. The van der Waals surface area contributed by atoms with Gasteiger partial charge in [-0.3, -0.25) is 14.5 Å². The first kappa shape index (κ1) is 10.7. The molecule has 0 fully saturated rings. The van der Waals surface area contributed by atoms with Crippen LogP contribution in [0.25, 0.3) is 0 Å². The van der Waals surface area contributed by atoms with Crippen molar-refractivity contribution in [1.29, 1.82) is 0 Å². The standard InChI is InChI=1S/C12H14N2O2/c1-7(2)14-11(15)9-5-4-8(13-3)6-10(9)12(14)16/h4-7,13H,1-3H3. The first-order chi connectivity index (χ1) is 7.56. The van der Waals surface area contributed by atoms with Gasteiger partial charge in [0.2, 0.25) is 0 Å². The number of carbonyl (C=O) groups is 2. The van der Waals surface area contributed by atoms with Gasteiger partial charge < -0.3 is 5.32 Å². The van der Waals surface area contributed by atoms with Crippen LogP contribution in [0.15, 0.2) is 18.2 Å². The van der Waals surface area contributed by atoms with E-state index in [2.05, 4.69) is 5.32 Å². The third-order valence-electron chi connectivity index (χ3n) is 2.72. The highest BCUT2D eigenvalue weighted by atomic mass is 16.2. The summed E-state index contributed by atoms with van der Waals surface area (Å²) in [5, 5.41) is 2.95. The Labute approximate surface area is 94.2 Å². The lowest BCUT2D eigenvalue weighted by atomic mass is 10.1. The molecule has 4 heteroatoms. The molecule has 1 heterocycles. The quantitative estimate of drug-likeness (QED) is 0.769. The van der Waals surface area contributed by atoms with Gasteiger partial charge >= 0.3 is 0 Å². The molecule has 0 radical (unpaired) electrons. The number of rotatable bonds is 2. The van der Waals surface area contributed by atoms with E-state index in [0.717, 1.165) is 5.69 Å². The van der Waals surface area contributed by atoms with E-state index < -0.39 is 0 Å². The molecule has 0 unspecified atom stereocenters. The van der Waals surface area contributed by atoms with Gasteiger partial charge in [0.25, 0.3) is 11.8 Å². The summed E-state index contributed by atoms with van der Waals surface area (Å²) in [5.74, 6) is -0.398. The highest BCUT2D eigenvalue weighted by Gasteiger charge is 2.36. The predicted molar refractivity (Wildman–Crippen MR) is 61.6 cm³/mol. The maximum atomic E-state index is 12.0. The van der Waals surface area contributed by atoms with Crippen molar-refractivity contribution in [3.63, 3.8) is 0 Å². The number of nitrogens with one attached hydrogen (secondary N) is 1. The number of anilines is 1. The van der Waals surface area contributed by atoms with Gasteiger partial charge in [-0.25, -0.2) is 0 Å². The minimum Gasteiger partial charge on any atom is -0.388 e. The second kappa shape index (κ2) is 3.63. The Kier molecular flexibility index (Phi) is 2.42. The maximum absolute atomic E-state index is 12.0. The third-order valence-corrected chi connectivity index (χ3v) is 2.72. The normalized spacial score (nSPS) is 14.6. The van der Waals surface area contributed by atoms with E-state index in [-0.39, 0.29) is 17.9 Å². The summed E-state index contributed by atoms with van der Waals surface area (Å²) in [4.78, 5) is 25.2. The largest absolute Gasteiger partial charge is 0.388 e. The van der Waals surface area contributed by atoms with Crippen molar-refractivity contribution >= 4 is 17.5 Å². The van der Waals surface area contributed by atoms with Gasteiger partial charge in [-0.1, -0.05) is 0 Å². The molecule has 4 nitrogen and oxygen atoms in total. The highest BCUT2D eigenvalue weighted by Crippen LogP contribution is 2.26. The van der Waals surface area contributed by atoms with Crippen LogP contribution in [-0.2, 0) is 0 Å². The Hall–Kier alpha value is -1.84. The van der Waals surface area contributed by atoms with Gasteiger partial charge in [0, 0.05) is 18.8 Å². The molecule has 1 aromatic carbocycles. The van der Waals surface area contributed by atoms with Gasteiger partial charge in [-0.2, -0.15) is 0 Å². The van der Waals surface area contributed by atoms with E-state index in [0.29, 0.717) is 11.1 Å². The molecule has 1 aliphatic rings. The lowest BCUT2D eigenvalue weighted by Crippen LogP contribution is -2.35. The van der Waals surface area contributed by atoms with Crippen molar-refractivity contribution in [2.24, 2.45) is 0 Å². The van der Waals surface area contributed by atoms with Crippen LogP contribution in [0, 0.1) is 0 Å². The fraction of sp³-hybridized carbons (Fsp3) is 0.333. The average molecular weight is 218 g/mol. The molecular formula is C12H14N2O2. The topological polar surface area (TPSA) is 49.4 Å². The van der Waals surface area contributed by atoms with Gasteiger partial charge in [0.1, 0.15) is 0 Å². The van der Waals surface area contributed by atoms with Gasteiger partial charge in [-0.05, 0) is 32.0 Å². The molecule has 16 heavy (non-hydrogen) atoms. The lowest BCUT2D eigenvalue weighted by Gasteiger charge is -2.17. The van der Waals surface area contributed by atoms with Crippen molar-refractivity contribution in [2.45, 2.75) is 19.9 Å². The highest BCUT2D eigenvalue weighted by molar-refractivity contribution is 6.21. The Bertz CT molecular complexity index is 466. The molecular weight excluding hydrogens is 204 g/mol. The van der Waals surface area contributed by atoms with Crippen LogP contribution in [0.1, 0.15) is 34.6 Å². The maximum Gasteiger partial charge on any atom is 0.261 e. The fourth-order valence-electron chi connectivity index (χ4n) is 1.88. The number of imide groups is 1. The van der Waals surface area contributed by atoms with Crippen LogP contribution in [0.3, 0.4) is 0 Å². The zero-order chi connectivity index (χ0) is 11.9. The Morgan fingerprint density at radius 3 is 2.31 bits per heavy atom. The van der Waals surface area contributed by atoms with Crippen molar-refractivity contribution in [3.8, 4) is 0 Å². The van der Waals surface area contributed by atoms with E-state index in [1.807, 2.05) is 13.8 Å². The minimum atomic E-state index is -0.202. The number of fused-ring (bicyclic) bond motifs is 1. The zero-order valence-corrected chi connectivity index (χ0v) is 9.57. The number of amides is 2. The first-order valence-corrected chi connectivity index (χ1v) is 5.26. The van der Waals surface area contributed by atoms with Crippen molar-refractivity contribution in [1.82, 2.24) is 4.90 Å². The summed E-state index contributed by atoms with van der Waals surface area (Å²) in [6.07, 6.45) is 0. The molecule has 84 valence electrons. The molecule has 1 N–H and O–H groups in total. The van der Waals surface area contributed by atoms with Crippen LogP contribution in [0.2, 0.25) is 0 Å². The Balaban J connectivity index is 2.51. The van der Waals surface area contributed by atoms with E-state index >= 15 is 0 Å². The smallest absolute Gasteiger partial charge is 0.261 e. The second-order valence-corrected chi connectivity index (χ2v) is 4.08. The van der Waals surface area contributed by atoms with E-state index in [9.17, 15) is 9.59 Å². The summed E-state index contributed by atoms with van der Waals surface area (Å²) in [6, 6.07) is 5.11.